The zero-order chi connectivity index (χ0) is 30.0. The number of nitrogens with two attached hydrogens (primary N) is 3. The van der Waals surface area contributed by atoms with Crippen LogP contribution < -0.4 is 31.4 Å². The Balaban J connectivity index is 0.000000613. The summed E-state index contributed by atoms with van der Waals surface area (Å²) in [5, 5.41) is 0. The molecule has 0 amide bonds. The highest BCUT2D eigenvalue weighted by molar-refractivity contribution is 7.89. The number of sulfonamides is 2. The molecule has 0 saturated carbocycles. The van der Waals surface area contributed by atoms with Crippen molar-refractivity contribution in [3.8, 4) is 5.75 Å². The number of rotatable bonds is 9. The van der Waals surface area contributed by atoms with Gasteiger partial charge in [0.25, 0.3) is 0 Å². The van der Waals surface area contributed by atoms with Gasteiger partial charge in [0.05, 0.1) is 16.9 Å². The van der Waals surface area contributed by atoms with E-state index in [4.69, 9.17) is 21.9 Å². The van der Waals surface area contributed by atoms with E-state index in [9.17, 15) is 16.8 Å². The summed E-state index contributed by atoms with van der Waals surface area (Å²) in [5.41, 5.74) is 16.7. The molecule has 38 heavy (non-hydrogen) atoms. The number of benzene rings is 2. The van der Waals surface area contributed by atoms with E-state index in [0.29, 0.717) is 5.75 Å². The molecule has 0 heterocycles. The number of hydrogen-bond donors (Lipinski definition) is 5. The van der Waals surface area contributed by atoms with Gasteiger partial charge >= 0.3 is 0 Å². The van der Waals surface area contributed by atoms with E-state index < -0.39 is 31.1 Å². The van der Waals surface area contributed by atoms with Crippen LogP contribution in [-0.4, -0.2) is 53.7 Å². The van der Waals surface area contributed by atoms with E-state index in [0.717, 1.165) is 5.56 Å². The third-order valence-electron chi connectivity index (χ3n) is 4.14. The largest absolute Gasteiger partial charge is 0.497 e. The van der Waals surface area contributed by atoms with Crippen LogP contribution in [0.25, 0.3) is 0 Å². The highest BCUT2D eigenvalue weighted by Crippen LogP contribution is 2.15. The van der Waals surface area contributed by atoms with Crippen molar-refractivity contribution in [3.63, 3.8) is 0 Å². The average molecular weight is 574 g/mol. The molecule has 0 saturated heterocycles. The Morgan fingerprint density at radius 1 is 0.658 bits per heavy atom. The van der Waals surface area contributed by atoms with Gasteiger partial charge in [-0.2, -0.15) is 0 Å². The summed E-state index contributed by atoms with van der Waals surface area (Å²) < 4.78 is 57.3. The predicted molar refractivity (Wildman–Crippen MR) is 155 cm³/mol. The Morgan fingerprint density at radius 3 is 1.21 bits per heavy atom. The van der Waals surface area contributed by atoms with Crippen molar-refractivity contribution in [1.29, 1.82) is 0 Å². The molecule has 0 aliphatic heterocycles. The molecule has 0 fully saturated rings. The van der Waals surface area contributed by atoms with Crippen LogP contribution in [-0.2, 0) is 20.0 Å². The molecule has 0 aliphatic rings. The monoisotopic (exact) mass is 573 g/mol. The SMILES string of the molecule is CC(C)(C)N.COc1ccc(S(=O)(=O)NCC(C)(C)N)cc1.Cc1ccc(S(=O)(=O)NCC(C)(C)N)cc1. The number of nitrogens with one attached hydrogen (secondary N) is 2. The summed E-state index contributed by atoms with van der Waals surface area (Å²) in [6.07, 6.45) is 0. The maximum atomic E-state index is 11.9. The van der Waals surface area contributed by atoms with E-state index >= 15 is 0 Å². The van der Waals surface area contributed by atoms with Crippen LogP contribution in [0.1, 0.15) is 54.0 Å². The fraction of sp³-hybridized carbons (Fsp3) is 0.538. The second kappa shape index (κ2) is 14.4. The van der Waals surface area contributed by atoms with Gasteiger partial charge in [0, 0.05) is 29.7 Å². The summed E-state index contributed by atoms with van der Waals surface area (Å²) in [7, 11) is -5.42. The lowest BCUT2D eigenvalue weighted by atomic mass is 10.1. The zero-order valence-corrected chi connectivity index (χ0v) is 25.8. The van der Waals surface area contributed by atoms with Crippen LogP contribution in [0.3, 0.4) is 0 Å². The Morgan fingerprint density at radius 2 is 0.947 bits per heavy atom. The number of aryl methyl sites for hydroxylation is 1. The van der Waals surface area contributed by atoms with E-state index in [1.165, 1.54) is 19.2 Å². The smallest absolute Gasteiger partial charge is 0.240 e. The van der Waals surface area contributed by atoms with Gasteiger partial charge in [-0.1, -0.05) is 17.7 Å². The zero-order valence-electron chi connectivity index (χ0n) is 24.1. The van der Waals surface area contributed by atoms with Gasteiger partial charge < -0.3 is 21.9 Å². The molecule has 0 atom stereocenters. The molecule has 0 aromatic heterocycles. The van der Waals surface area contributed by atoms with Gasteiger partial charge in [-0.05, 0) is 91.8 Å². The third-order valence-corrected chi connectivity index (χ3v) is 6.97. The van der Waals surface area contributed by atoms with Gasteiger partial charge in [0.2, 0.25) is 20.0 Å². The van der Waals surface area contributed by atoms with E-state index in [1.54, 1.807) is 64.1 Å². The van der Waals surface area contributed by atoms with Crippen LogP contribution in [0.5, 0.6) is 5.75 Å². The quantitative estimate of drug-likeness (QED) is 0.303. The lowest BCUT2D eigenvalue weighted by Gasteiger charge is -2.18. The standard InChI is InChI=1S/C11H18N2O3S.C11H18N2O2S.C4H11N/c1-11(2,12)8-13-17(14,15)10-6-4-9(16-3)5-7-10;1-9-4-6-10(7-5-9)16(14,15)13-8-11(2,3)12;1-4(2,3)5/h4-7,13H,8,12H2,1-3H3;4-7,13H,8,12H2,1-3H3;5H2,1-3H3. The minimum atomic E-state index is -3.50. The van der Waals surface area contributed by atoms with Crippen molar-refractivity contribution in [2.75, 3.05) is 20.2 Å². The molecule has 8 N–H and O–H groups in total. The Labute approximate surface area is 229 Å². The molecule has 218 valence electrons. The number of hydrogen-bond acceptors (Lipinski definition) is 8. The molecular formula is C26H47N5O5S2. The normalized spacial score (nSPS) is 12.5. The van der Waals surface area contributed by atoms with E-state index in [-0.39, 0.29) is 28.4 Å². The molecule has 2 rings (SSSR count). The van der Waals surface area contributed by atoms with E-state index in [2.05, 4.69) is 9.44 Å². The Bertz CT molecular complexity index is 1170. The van der Waals surface area contributed by atoms with Gasteiger partial charge in [0.1, 0.15) is 5.75 Å². The molecule has 0 bridgehead atoms. The van der Waals surface area contributed by atoms with Gasteiger partial charge in [-0.25, -0.2) is 26.3 Å². The fourth-order valence-electron chi connectivity index (χ4n) is 2.20. The molecule has 0 spiro atoms. The van der Waals surface area contributed by atoms with Crippen LogP contribution in [0.15, 0.2) is 58.3 Å². The van der Waals surface area contributed by atoms with Gasteiger partial charge in [-0.15, -0.1) is 0 Å². The maximum absolute atomic E-state index is 11.9. The topological polar surface area (TPSA) is 180 Å². The summed E-state index contributed by atoms with van der Waals surface area (Å²) in [5.74, 6) is 0.614. The van der Waals surface area contributed by atoms with Crippen LogP contribution >= 0.6 is 0 Å². The second-order valence-electron chi connectivity index (χ2n) is 11.5. The highest BCUT2D eigenvalue weighted by atomic mass is 32.2. The van der Waals surface area contributed by atoms with Crippen molar-refractivity contribution >= 4 is 20.0 Å². The molecular weight excluding hydrogens is 526 g/mol. The lowest BCUT2D eigenvalue weighted by molar-refractivity contribution is 0.414. The summed E-state index contributed by atoms with van der Waals surface area (Å²) in [4.78, 5) is 0.463. The molecule has 2 aromatic rings. The minimum absolute atomic E-state index is 0. The summed E-state index contributed by atoms with van der Waals surface area (Å²) >= 11 is 0. The average Bonchev–Trinajstić information content (AvgIpc) is 2.75. The fourth-order valence-corrected chi connectivity index (χ4v) is 4.65. The first kappa shape index (κ1) is 35.9. The number of ether oxygens (including phenoxy) is 1. The first-order valence-electron chi connectivity index (χ1n) is 12.0. The van der Waals surface area contributed by atoms with Crippen molar-refractivity contribution in [1.82, 2.24) is 9.44 Å². The predicted octanol–water partition coefficient (Wildman–Crippen LogP) is 2.47. The van der Waals surface area contributed by atoms with Crippen molar-refractivity contribution < 1.29 is 21.6 Å². The van der Waals surface area contributed by atoms with Crippen LogP contribution in [0, 0.1) is 6.92 Å². The van der Waals surface area contributed by atoms with Crippen molar-refractivity contribution in [2.24, 2.45) is 17.2 Å². The molecule has 10 nitrogen and oxygen atoms in total. The molecule has 0 aliphatic carbocycles. The first-order valence-corrected chi connectivity index (χ1v) is 15.0. The van der Waals surface area contributed by atoms with Crippen LogP contribution in [0.2, 0.25) is 0 Å². The Kier molecular flexibility index (Phi) is 13.6. The first-order chi connectivity index (χ1) is 17.0. The van der Waals surface area contributed by atoms with Gasteiger partial charge in [0.15, 0.2) is 0 Å². The second-order valence-corrected chi connectivity index (χ2v) is 15.0. The lowest BCUT2D eigenvalue weighted by Crippen LogP contribution is -2.45. The van der Waals surface area contributed by atoms with Gasteiger partial charge in [-0.3, -0.25) is 0 Å². The third kappa shape index (κ3) is 17.4. The summed E-state index contributed by atoms with van der Waals surface area (Å²) in [6, 6.07) is 12.9. The minimum Gasteiger partial charge on any atom is -0.497 e. The Hall–Kier alpha value is -2.06. The van der Waals surface area contributed by atoms with Crippen molar-refractivity contribution in [3.05, 3.63) is 54.1 Å². The van der Waals surface area contributed by atoms with Crippen molar-refractivity contribution in [2.45, 2.75) is 81.8 Å². The summed E-state index contributed by atoms with van der Waals surface area (Å²) in [6.45, 7) is 15.2. The molecule has 0 unspecified atom stereocenters. The number of methoxy groups -OCH3 is 1. The van der Waals surface area contributed by atoms with Crippen LogP contribution in [0.4, 0.5) is 0 Å². The van der Waals surface area contributed by atoms with E-state index in [1.807, 2.05) is 27.7 Å². The molecule has 0 radical (unpaired) electrons. The highest BCUT2D eigenvalue weighted by Gasteiger charge is 2.19. The molecule has 12 heteroatoms. The maximum Gasteiger partial charge on any atom is 0.240 e. The molecule has 2 aromatic carbocycles.